The van der Waals surface area contributed by atoms with Gasteiger partial charge in [-0.25, -0.2) is 18.4 Å². The second-order valence-electron chi connectivity index (χ2n) is 7.64. The third-order valence-electron chi connectivity index (χ3n) is 5.29. The summed E-state index contributed by atoms with van der Waals surface area (Å²) < 4.78 is 65.8. The summed E-state index contributed by atoms with van der Waals surface area (Å²) >= 11 is 0. The molecule has 0 spiro atoms. The van der Waals surface area contributed by atoms with E-state index in [1.54, 1.807) is 12.1 Å². The summed E-state index contributed by atoms with van der Waals surface area (Å²) in [6.07, 6.45) is 3.08. The summed E-state index contributed by atoms with van der Waals surface area (Å²) in [4.78, 5) is 3.96. The van der Waals surface area contributed by atoms with E-state index in [1.165, 1.54) is 35.5 Å². The Morgan fingerprint density at radius 1 is 1.23 bits per heavy atom. The highest BCUT2D eigenvalue weighted by Gasteiger charge is 2.45. The Morgan fingerprint density at radius 2 is 2.00 bits per heavy atom. The van der Waals surface area contributed by atoms with Crippen molar-refractivity contribution in [2.75, 3.05) is 13.2 Å². The molecule has 0 N–H and O–H groups in total. The van der Waals surface area contributed by atoms with E-state index < -0.39 is 27.4 Å². The lowest BCUT2D eigenvalue weighted by molar-refractivity contribution is -0.0206. The van der Waals surface area contributed by atoms with Gasteiger partial charge in [0.1, 0.15) is 29.9 Å². The van der Waals surface area contributed by atoms with Gasteiger partial charge in [0, 0.05) is 17.5 Å². The molecule has 1 fully saturated rings. The van der Waals surface area contributed by atoms with Gasteiger partial charge < -0.3 is 4.74 Å². The van der Waals surface area contributed by atoms with Crippen molar-refractivity contribution in [2.45, 2.75) is 30.4 Å². The Kier molecular flexibility index (Phi) is 5.87. The van der Waals surface area contributed by atoms with Crippen LogP contribution in [0, 0.1) is 24.5 Å². The van der Waals surface area contributed by atoms with Crippen molar-refractivity contribution in [3.8, 4) is 0 Å². The lowest BCUT2D eigenvalue weighted by atomic mass is 9.87. The second-order valence-corrected chi connectivity index (χ2v) is 9.26. The van der Waals surface area contributed by atoms with Crippen LogP contribution < -0.4 is 0 Å². The van der Waals surface area contributed by atoms with E-state index in [9.17, 15) is 17.2 Å². The highest BCUT2D eigenvalue weighted by atomic mass is 32.2. The third kappa shape index (κ3) is 4.65. The van der Waals surface area contributed by atoms with Crippen molar-refractivity contribution in [2.24, 2.45) is 5.92 Å². The number of aromatic nitrogens is 3. The first-order valence-corrected chi connectivity index (χ1v) is 11.1. The topological polar surface area (TPSA) is 83.3 Å². The monoisotopic (exact) mass is 449 g/mol. The van der Waals surface area contributed by atoms with Crippen LogP contribution in [0.3, 0.4) is 0 Å². The molecule has 0 bridgehead atoms. The second kappa shape index (κ2) is 8.45. The molecule has 7 nitrogen and oxygen atoms in total. The third-order valence-corrected chi connectivity index (χ3v) is 6.58. The van der Waals surface area contributed by atoms with Gasteiger partial charge >= 0.3 is 0 Å². The molecule has 0 amide bonds. The molecule has 31 heavy (non-hydrogen) atoms. The minimum atomic E-state index is -3.94. The average Bonchev–Trinajstić information content (AvgIpc) is 3.38. The molecule has 0 aliphatic carbocycles. The lowest BCUT2D eigenvalue weighted by Gasteiger charge is -2.29. The lowest BCUT2D eigenvalue weighted by Crippen LogP contribution is -2.32. The summed E-state index contributed by atoms with van der Waals surface area (Å²) in [6, 6.07) is 9.65. The van der Waals surface area contributed by atoms with Crippen molar-refractivity contribution < 1.29 is 26.1 Å². The smallest absolute Gasteiger partial charge is 0.296 e. The highest BCUT2D eigenvalue weighted by molar-refractivity contribution is 7.86. The fourth-order valence-electron chi connectivity index (χ4n) is 3.75. The highest BCUT2D eigenvalue weighted by Crippen LogP contribution is 2.42. The Hall–Kier alpha value is -2.69. The quantitative estimate of drug-likeness (QED) is 0.515. The van der Waals surface area contributed by atoms with Gasteiger partial charge in [0.05, 0.1) is 24.7 Å². The van der Waals surface area contributed by atoms with Crippen LogP contribution in [0.25, 0.3) is 0 Å². The summed E-state index contributed by atoms with van der Waals surface area (Å²) in [5.41, 5.74) is -0.0525. The normalized spacial score (nSPS) is 21.5. The predicted octanol–water partition coefficient (Wildman–Crippen LogP) is 3.20. The number of halogens is 2. The van der Waals surface area contributed by atoms with Crippen molar-refractivity contribution >= 4 is 10.1 Å². The minimum absolute atomic E-state index is 0.0653. The largest absolute Gasteiger partial charge is 0.368 e. The van der Waals surface area contributed by atoms with E-state index in [4.69, 9.17) is 8.92 Å². The van der Waals surface area contributed by atoms with E-state index >= 15 is 0 Å². The van der Waals surface area contributed by atoms with Crippen LogP contribution >= 0.6 is 0 Å². The molecular formula is C21H21F2N3O4S. The fourth-order valence-corrected chi connectivity index (χ4v) is 4.72. The van der Waals surface area contributed by atoms with E-state index in [0.717, 1.165) is 17.7 Å². The maximum Gasteiger partial charge on any atom is 0.296 e. The van der Waals surface area contributed by atoms with Gasteiger partial charge in [0.2, 0.25) is 0 Å². The molecule has 0 saturated carbocycles. The van der Waals surface area contributed by atoms with Crippen molar-refractivity contribution in [3.05, 3.63) is 77.9 Å². The molecule has 2 aromatic carbocycles. The zero-order chi connectivity index (χ0) is 22.1. The van der Waals surface area contributed by atoms with Crippen LogP contribution in [0.15, 0.2) is 60.0 Å². The molecule has 164 valence electrons. The first kappa shape index (κ1) is 21.5. The van der Waals surface area contributed by atoms with E-state index in [1.807, 2.05) is 6.92 Å². The zero-order valence-electron chi connectivity index (χ0n) is 16.7. The molecule has 4 rings (SSSR count). The SMILES string of the molecule is Cc1ccc(S(=O)(=O)OCC2CO[C@](Cn3cncn3)(c3ccc(F)cc3F)C2)cc1. The number of ether oxygens (including phenoxy) is 1. The summed E-state index contributed by atoms with van der Waals surface area (Å²) in [5.74, 6) is -1.76. The number of rotatable bonds is 7. The van der Waals surface area contributed by atoms with Gasteiger partial charge in [0.15, 0.2) is 0 Å². The molecule has 2 heterocycles. The van der Waals surface area contributed by atoms with Crippen molar-refractivity contribution in [1.82, 2.24) is 14.8 Å². The van der Waals surface area contributed by atoms with Crippen molar-refractivity contribution in [3.63, 3.8) is 0 Å². The van der Waals surface area contributed by atoms with Gasteiger partial charge in [-0.2, -0.15) is 13.5 Å². The predicted molar refractivity (Wildman–Crippen MR) is 106 cm³/mol. The number of aryl methyl sites for hydroxylation is 1. The molecule has 3 aromatic rings. The van der Waals surface area contributed by atoms with Gasteiger partial charge in [0.25, 0.3) is 10.1 Å². The maximum absolute atomic E-state index is 14.6. The average molecular weight is 449 g/mol. The Balaban J connectivity index is 1.53. The number of hydrogen-bond donors (Lipinski definition) is 0. The first-order valence-electron chi connectivity index (χ1n) is 9.65. The molecule has 1 unspecified atom stereocenters. The Labute approximate surface area is 178 Å². The minimum Gasteiger partial charge on any atom is -0.368 e. The van der Waals surface area contributed by atoms with Gasteiger partial charge in [-0.15, -0.1) is 0 Å². The zero-order valence-corrected chi connectivity index (χ0v) is 17.6. The van der Waals surface area contributed by atoms with Crippen LogP contribution in [0.4, 0.5) is 8.78 Å². The molecule has 10 heteroatoms. The van der Waals surface area contributed by atoms with Crippen LogP contribution in [-0.4, -0.2) is 36.4 Å². The maximum atomic E-state index is 14.6. The molecule has 1 aliphatic heterocycles. The van der Waals surface area contributed by atoms with Crippen LogP contribution in [0.5, 0.6) is 0 Å². The van der Waals surface area contributed by atoms with Gasteiger partial charge in [-0.3, -0.25) is 4.18 Å². The molecule has 0 radical (unpaired) electrons. The molecule has 2 atom stereocenters. The van der Waals surface area contributed by atoms with E-state index in [0.29, 0.717) is 0 Å². The standard InChI is InChI=1S/C21H21F2N3O4S/c1-15-2-5-18(6-3-15)31(27,28)30-11-16-9-21(29-10-16,12-26-14-24-13-25-26)19-7-4-17(22)8-20(19)23/h2-8,13-14,16H,9-12H2,1H3/t16?,21-/m1/s1. The fraction of sp³-hybridized carbons (Fsp3) is 0.333. The molecular weight excluding hydrogens is 428 g/mol. The summed E-state index contributed by atoms with van der Waals surface area (Å²) in [5, 5.41) is 4.06. The van der Waals surface area contributed by atoms with Crippen LogP contribution in [-0.2, 0) is 31.2 Å². The number of benzene rings is 2. The Bertz CT molecular complexity index is 1150. The van der Waals surface area contributed by atoms with Crippen molar-refractivity contribution in [1.29, 1.82) is 0 Å². The van der Waals surface area contributed by atoms with Gasteiger partial charge in [-0.05, 0) is 31.5 Å². The first-order chi connectivity index (χ1) is 14.8. The number of hydrogen-bond acceptors (Lipinski definition) is 6. The van der Waals surface area contributed by atoms with E-state index in [2.05, 4.69) is 10.1 Å². The molecule has 1 saturated heterocycles. The van der Waals surface area contributed by atoms with Crippen LogP contribution in [0.1, 0.15) is 17.5 Å². The molecule has 1 aliphatic rings. The summed E-state index contributed by atoms with van der Waals surface area (Å²) in [6.45, 7) is 2.01. The molecule has 1 aromatic heterocycles. The van der Waals surface area contributed by atoms with E-state index in [-0.39, 0.29) is 42.6 Å². The Morgan fingerprint density at radius 3 is 2.68 bits per heavy atom. The number of nitrogens with zero attached hydrogens (tertiary/aromatic N) is 3. The van der Waals surface area contributed by atoms with Gasteiger partial charge in [-0.1, -0.05) is 23.8 Å². The summed E-state index contributed by atoms with van der Waals surface area (Å²) in [7, 11) is -3.94. The van der Waals surface area contributed by atoms with Crippen LogP contribution in [0.2, 0.25) is 0 Å².